The first-order valence-electron chi connectivity index (χ1n) is 7.72. The molecule has 4 atom stereocenters. The van der Waals surface area contributed by atoms with E-state index in [2.05, 4.69) is 10.3 Å². The Morgan fingerprint density at radius 2 is 2.12 bits per heavy atom. The van der Waals surface area contributed by atoms with E-state index < -0.39 is 18.3 Å². The molecule has 140 valence electrons. The number of carbonyl (C=O) groups is 1. The number of nitrogens with zero attached hydrogens (tertiary/aromatic N) is 1. The smallest absolute Gasteiger partial charge is 0.245 e. The number of H-pyrrole nitrogens is 1. The highest BCUT2D eigenvalue weighted by atomic mass is 32.1. The molecule has 0 bridgehead atoms. The fourth-order valence-corrected chi connectivity index (χ4v) is 3.26. The number of aryl methyl sites for hydroxylation is 1. The van der Waals surface area contributed by atoms with E-state index >= 15 is 0 Å². The molecule has 1 aliphatic heterocycles. The quantitative estimate of drug-likeness (QED) is 0.674. The number of rotatable bonds is 7. The van der Waals surface area contributed by atoms with E-state index in [0.29, 0.717) is 21.6 Å². The number of aromatic nitrogens is 2. The molecule has 0 aliphatic carbocycles. The highest BCUT2D eigenvalue weighted by Crippen LogP contribution is 2.37. The van der Waals surface area contributed by atoms with E-state index in [4.69, 9.17) is 43.4 Å². The molecule has 1 unspecified atom stereocenters. The summed E-state index contributed by atoms with van der Waals surface area (Å²) in [5.41, 5.74) is 0.716. The van der Waals surface area contributed by atoms with Crippen molar-refractivity contribution in [2.45, 2.75) is 24.4 Å². The van der Waals surface area contributed by atoms with Gasteiger partial charge in [0.1, 0.15) is 35.7 Å². The third-order valence-corrected chi connectivity index (χ3v) is 4.77. The van der Waals surface area contributed by atoms with Gasteiger partial charge in [0.25, 0.3) is 0 Å². The summed E-state index contributed by atoms with van der Waals surface area (Å²) in [4.78, 5) is 14.6. The van der Waals surface area contributed by atoms with Crippen LogP contribution in [0.5, 0.6) is 0 Å². The lowest BCUT2D eigenvalue weighted by Gasteiger charge is -2.23. The standard InChI is InChI=1S/C15H23N3O5S2/c1-16-10(19)7-22-13-11(23-9(6-20-3)12(13)21-4)8-5-18(2)15(25)17-14(8)24/h5,9,11-13H,6-7H2,1-4H3,(H,16,19)(H,17,24,25)/t9-,11+,12?,13-/m1/s1. The molecule has 2 N–H and O–H groups in total. The second kappa shape index (κ2) is 8.97. The van der Waals surface area contributed by atoms with Gasteiger partial charge in [0.15, 0.2) is 4.77 Å². The number of hydrogen-bond acceptors (Lipinski definition) is 7. The zero-order valence-electron chi connectivity index (χ0n) is 14.6. The van der Waals surface area contributed by atoms with Crippen LogP contribution in [-0.2, 0) is 30.8 Å². The third kappa shape index (κ3) is 4.52. The predicted molar refractivity (Wildman–Crippen MR) is 95.5 cm³/mol. The van der Waals surface area contributed by atoms with Crippen molar-refractivity contribution >= 4 is 30.3 Å². The maximum Gasteiger partial charge on any atom is 0.245 e. The molecule has 1 fully saturated rings. The van der Waals surface area contributed by atoms with Crippen LogP contribution >= 0.6 is 24.4 Å². The third-order valence-electron chi connectivity index (χ3n) is 4.04. The number of likely N-dealkylation sites (N-methyl/N-ethyl adjacent to an activating group) is 1. The number of hydrogen-bond donors (Lipinski definition) is 2. The highest BCUT2D eigenvalue weighted by molar-refractivity contribution is 7.72. The van der Waals surface area contributed by atoms with Gasteiger partial charge in [-0.25, -0.2) is 0 Å². The van der Waals surface area contributed by atoms with Crippen molar-refractivity contribution < 1.29 is 23.7 Å². The van der Waals surface area contributed by atoms with Gasteiger partial charge in [0.2, 0.25) is 5.91 Å². The molecular formula is C15H23N3O5S2. The van der Waals surface area contributed by atoms with Crippen LogP contribution in [0.3, 0.4) is 0 Å². The van der Waals surface area contributed by atoms with Crippen molar-refractivity contribution in [3.8, 4) is 0 Å². The molecule has 1 amide bonds. The first-order chi connectivity index (χ1) is 11.9. The van der Waals surface area contributed by atoms with E-state index in [-0.39, 0.29) is 18.6 Å². The zero-order valence-corrected chi connectivity index (χ0v) is 16.2. The van der Waals surface area contributed by atoms with E-state index in [1.807, 2.05) is 13.2 Å². The van der Waals surface area contributed by atoms with Gasteiger partial charge in [0.05, 0.1) is 6.61 Å². The number of nitrogens with one attached hydrogen (secondary N) is 2. The number of methoxy groups -OCH3 is 2. The van der Waals surface area contributed by atoms with Crippen molar-refractivity contribution in [3.63, 3.8) is 0 Å². The molecule has 10 heteroatoms. The zero-order chi connectivity index (χ0) is 18.6. The molecular weight excluding hydrogens is 366 g/mol. The highest BCUT2D eigenvalue weighted by Gasteiger charge is 2.47. The normalized spacial score (nSPS) is 25.9. The van der Waals surface area contributed by atoms with Crippen LogP contribution in [0.15, 0.2) is 6.20 Å². The van der Waals surface area contributed by atoms with Gasteiger partial charge in [0, 0.05) is 40.1 Å². The second-order valence-electron chi connectivity index (χ2n) is 5.65. The Morgan fingerprint density at radius 1 is 1.40 bits per heavy atom. The van der Waals surface area contributed by atoms with Crippen molar-refractivity contribution in [1.29, 1.82) is 0 Å². The molecule has 1 saturated heterocycles. The summed E-state index contributed by atoms with van der Waals surface area (Å²) in [6.45, 7) is 0.221. The van der Waals surface area contributed by atoms with Gasteiger partial charge in [-0.2, -0.15) is 0 Å². The molecule has 25 heavy (non-hydrogen) atoms. The SMILES string of the molecule is CNC(=O)CO[C@H]1C(OC)[C@@H](COC)O[C@H]1c1cn(C)c(=S)[nH]c1=S. The van der Waals surface area contributed by atoms with Crippen LogP contribution in [0.2, 0.25) is 0 Å². The molecule has 0 saturated carbocycles. The molecule has 1 aromatic heterocycles. The summed E-state index contributed by atoms with van der Waals surface area (Å²) in [6, 6.07) is 0. The number of aromatic amines is 1. The number of ether oxygens (including phenoxy) is 4. The first kappa shape index (κ1) is 20.1. The van der Waals surface area contributed by atoms with Crippen molar-refractivity contribution in [1.82, 2.24) is 14.9 Å². The lowest BCUT2D eigenvalue weighted by molar-refractivity contribution is -0.131. The largest absolute Gasteiger partial charge is 0.382 e. The summed E-state index contributed by atoms with van der Waals surface area (Å²) in [5.74, 6) is -0.236. The van der Waals surface area contributed by atoms with E-state index in [9.17, 15) is 4.79 Å². The predicted octanol–water partition coefficient (Wildman–Crippen LogP) is 1.04. The van der Waals surface area contributed by atoms with Crippen LogP contribution < -0.4 is 5.32 Å². The fraction of sp³-hybridized carbons (Fsp3) is 0.667. The molecule has 2 rings (SSSR count). The molecule has 0 aromatic carbocycles. The van der Waals surface area contributed by atoms with Gasteiger partial charge >= 0.3 is 0 Å². The van der Waals surface area contributed by atoms with Crippen molar-refractivity contribution in [3.05, 3.63) is 21.2 Å². The summed E-state index contributed by atoms with van der Waals surface area (Å²) in [7, 11) is 6.52. The second-order valence-corrected chi connectivity index (χ2v) is 6.45. The van der Waals surface area contributed by atoms with Crippen LogP contribution in [0.1, 0.15) is 11.7 Å². The average molecular weight is 389 g/mol. The van der Waals surface area contributed by atoms with Gasteiger partial charge in [-0.3, -0.25) is 4.79 Å². The number of amides is 1. The molecule has 0 radical (unpaired) electrons. The summed E-state index contributed by atoms with van der Waals surface area (Å²) in [5, 5.41) is 2.53. The number of carbonyl (C=O) groups excluding carboxylic acids is 1. The maximum absolute atomic E-state index is 11.6. The van der Waals surface area contributed by atoms with Gasteiger partial charge in [-0.1, -0.05) is 12.2 Å². The Hall–Kier alpha value is -1.17. The molecule has 8 nitrogen and oxygen atoms in total. The van der Waals surface area contributed by atoms with Crippen LogP contribution in [0, 0.1) is 9.41 Å². The Kier molecular flexibility index (Phi) is 7.23. The van der Waals surface area contributed by atoms with E-state index in [1.54, 1.807) is 25.8 Å². The molecule has 1 aromatic rings. The van der Waals surface area contributed by atoms with Crippen molar-refractivity contribution in [2.24, 2.45) is 7.05 Å². The Balaban J connectivity index is 2.37. The summed E-state index contributed by atoms with van der Waals surface area (Å²) >= 11 is 10.6. The van der Waals surface area contributed by atoms with Crippen molar-refractivity contribution in [2.75, 3.05) is 34.5 Å². The monoisotopic (exact) mass is 389 g/mol. The first-order valence-corrected chi connectivity index (χ1v) is 8.53. The van der Waals surface area contributed by atoms with E-state index in [0.717, 1.165) is 0 Å². The average Bonchev–Trinajstić information content (AvgIpc) is 2.93. The molecule has 2 heterocycles. The Morgan fingerprint density at radius 3 is 2.72 bits per heavy atom. The summed E-state index contributed by atoms with van der Waals surface area (Å²) < 4.78 is 25.4. The Bertz CT molecular complexity index is 720. The maximum atomic E-state index is 11.6. The topological polar surface area (TPSA) is 86.7 Å². The van der Waals surface area contributed by atoms with Crippen LogP contribution in [-0.4, -0.2) is 68.3 Å². The molecule has 1 aliphatic rings. The van der Waals surface area contributed by atoms with Crippen LogP contribution in [0.25, 0.3) is 0 Å². The van der Waals surface area contributed by atoms with Gasteiger partial charge in [-0.15, -0.1) is 0 Å². The van der Waals surface area contributed by atoms with Gasteiger partial charge in [-0.05, 0) is 12.2 Å². The summed E-state index contributed by atoms with van der Waals surface area (Å²) in [6.07, 6.45) is 0.0214. The molecule has 0 spiro atoms. The fourth-order valence-electron chi connectivity index (χ4n) is 2.77. The van der Waals surface area contributed by atoms with E-state index in [1.165, 1.54) is 0 Å². The lowest BCUT2D eigenvalue weighted by atomic mass is 10.0. The minimum absolute atomic E-state index is 0.109. The van der Waals surface area contributed by atoms with Crippen LogP contribution in [0.4, 0.5) is 0 Å². The minimum atomic E-state index is -0.520. The Labute approximate surface area is 156 Å². The van der Waals surface area contributed by atoms with Gasteiger partial charge < -0.3 is 33.8 Å². The lowest BCUT2D eigenvalue weighted by Crippen LogP contribution is -2.39. The minimum Gasteiger partial charge on any atom is -0.382 e.